The van der Waals surface area contributed by atoms with Crippen molar-refractivity contribution >= 4 is 31.6 Å². The number of hydrogen-bond donors (Lipinski definition) is 1. The largest absolute Gasteiger partial charge is 0.273 e. The number of nitrogens with zero attached hydrogens (tertiary/aromatic N) is 1. The van der Waals surface area contributed by atoms with Crippen LogP contribution in [0.5, 0.6) is 0 Å². The molecule has 2 aromatic rings. The molecule has 3 rings (SSSR count). The number of anilines is 1. The summed E-state index contributed by atoms with van der Waals surface area (Å²) in [5.74, 6) is -0.748. The van der Waals surface area contributed by atoms with Gasteiger partial charge in [-0.15, -0.1) is 0 Å². The fourth-order valence-corrected chi connectivity index (χ4v) is 5.95. The van der Waals surface area contributed by atoms with E-state index in [-0.39, 0.29) is 22.8 Å². The van der Waals surface area contributed by atoms with Crippen molar-refractivity contribution in [2.75, 3.05) is 10.1 Å². The first-order chi connectivity index (χ1) is 12.6. The van der Waals surface area contributed by atoms with E-state index in [9.17, 15) is 21.6 Å². The van der Waals surface area contributed by atoms with E-state index in [1.165, 1.54) is 18.2 Å². The highest BCUT2D eigenvalue weighted by Crippen LogP contribution is 2.29. The normalized spacial score (nSPS) is 17.9. The Kier molecular flexibility index (Phi) is 5.11. The molecule has 1 aliphatic rings. The Labute approximate surface area is 159 Å². The molecular formula is C18H20N2O5S2. The summed E-state index contributed by atoms with van der Waals surface area (Å²) in [6, 6.07) is 12.8. The summed E-state index contributed by atoms with van der Waals surface area (Å²) in [5, 5.41) is 0. The molecule has 1 saturated heterocycles. The van der Waals surface area contributed by atoms with Gasteiger partial charge in [0.15, 0.2) is 0 Å². The van der Waals surface area contributed by atoms with Crippen LogP contribution in [0.1, 0.15) is 30.5 Å². The van der Waals surface area contributed by atoms with Crippen molar-refractivity contribution in [2.45, 2.75) is 31.2 Å². The number of rotatable bonds is 5. The molecule has 0 saturated carbocycles. The Morgan fingerprint density at radius 1 is 1.11 bits per heavy atom. The predicted octanol–water partition coefficient (Wildman–Crippen LogP) is 2.10. The summed E-state index contributed by atoms with van der Waals surface area (Å²) in [4.78, 5) is 11.9. The summed E-state index contributed by atoms with van der Waals surface area (Å²) in [6.07, 6.45) is -0.0718. The van der Waals surface area contributed by atoms with E-state index in [0.29, 0.717) is 5.56 Å². The third-order valence-corrected chi connectivity index (χ3v) is 7.78. The number of aryl methyl sites for hydroxylation is 1. The van der Waals surface area contributed by atoms with Crippen LogP contribution in [0, 0.1) is 6.92 Å². The molecule has 2 aromatic carbocycles. The second kappa shape index (κ2) is 7.06. The van der Waals surface area contributed by atoms with Crippen LogP contribution >= 0.6 is 0 Å². The highest BCUT2D eigenvalue weighted by molar-refractivity contribution is 7.94. The van der Waals surface area contributed by atoms with Gasteiger partial charge in [-0.25, -0.2) is 25.9 Å². The van der Waals surface area contributed by atoms with Gasteiger partial charge in [0, 0.05) is 12.5 Å². The lowest BCUT2D eigenvalue weighted by Crippen LogP contribution is -2.30. The summed E-state index contributed by atoms with van der Waals surface area (Å²) in [7, 11) is -7.51. The molecular weight excluding hydrogens is 388 g/mol. The third-order valence-electron chi connectivity index (χ3n) is 4.39. The molecule has 1 fully saturated rings. The molecule has 0 unspecified atom stereocenters. The Balaban J connectivity index is 1.90. The average Bonchev–Trinajstić information content (AvgIpc) is 2.87. The van der Waals surface area contributed by atoms with Crippen molar-refractivity contribution in [2.24, 2.45) is 0 Å². The molecule has 144 valence electrons. The van der Waals surface area contributed by atoms with E-state index in [2.05, 4.69) is 4.72 Å². The molecule has 0 spiro atoms. The van der Waals surface area contributed by atoms with Crippen molar-refractivity contribution in [3.8, 4) is 0 Å². The molecule has 1 atom stereocenters. The SMILES string of the molecule is Cc1cc(N2C(=O)CCS2(=O)=O)ccc1S(=O)(=O)N[C@H](C)c1ccccc1. The van der Waals surface area contributed by atoms with Crippen LogP contribution in [0.2, 0.25) is 0 Å². The highest BCUT2D eigenvalue weighted by atomic mass is 32.2. The molecule has 0 aromatic heterocycles. The van der Waals surface area contributed by atoms with Crippen LogP contribution < -0.4 is 9.03 Å². The zero-order valence-electron chi connectivity index (χ0n) is 14.9. The van der Waals surface area contributed by atoms with E-state index < -0.39 is 32.0 Å². The molecule has 1 amide bonds. The van der Waals surface area contributed by atoms with Crippen LogP contribution in [-0.2, 0) is 24.8 Å². The first-order valence-electron chi connectivity index (χ1n) is 8.35. The van der Waals surface area contributed by atoms with Gasteiger partial charge in [0.2, 0.25) is 26.0 Å². The lowest BCUT2D eigenvalue weighted by atomic mass is 10.1. The molecule has 1 aliphatic heterocycles. The zero-order chi connectivity index (χ0) is 19.8. The fourth-order valence-electron chi connectivity index (χ4n) is 3.04. The van der Waals surface area contributed by atoms with E-state index in [1.807, 2.05) is 30.3 Å². The average molecular weight is 409 g/mol. The van der Waals surface area contributed by atoms with Gasteiger partial charge in [-0.3, -0.25) is 4.79 Å². The maximum Gasteiger partial charge on any atom is 0.242 e. The molecule has 1 N–H and O–H groups in total. The van der Waals surface area contributed by atoms with Crippen molar-refractivity contribution < 1.29 is 21.6 Å². The van der Waals surface area contributed by atoms with E-state index in [0.717, 1.165) is 9.87 Å². The van der Waals surface area contributed by atoms with Crippen LogP contribution in [-0.4, -0.2) is 28.5 Å². The number of carbonyl (C=O) groups excluding carboxylic acids is 1. The second-order valence-electron chi connectivity index (χ2n) is 6.43. The third kappa shape index (κ3) is 3.90. The van der Waals surface area contributed by atoms with Crippen LogP contribution in [0.25, 0.3) is 0 Å². The summed E-state index contributed by atoms with van der Waals surface area (Å²) < 4.78 is 53.0. The smallest absolute Gasteiger partial charge is 0.242 e. The summed E-state index contributed by atoms with van der Waals surface area (Å²) in [6.45, 7) is 3.31. The van der Waals surface area contributed by atoms with Crippen LogP contribution in [0.15, 0.2) is 53.4 Å². The fraction of sp³-hybridized carbons (Fsp3) is 0.278. The number of amides is 1. The van der Waals surface area contributed by atoms with Gasteiger partial charge in [-0.1, -0.05) is 30.3 Å². The standard InChI is InChI=1S/C18H20N2O5S2/c1-13-12-16(20-18(21)10-11-26(20,22)23)8-9-17(13)27(24,25)19-14(2)15-6-4-3-5-7-15/h3-9,12,14,19H,10-11H2,1-2H3/t14-/m1/s1. The Morgan fingerprint density at radius 3 is 2.33 bits per heavy atom. The molecule has 0 bridgehead atoms. The van der Waals surface area contributed by atoms with Gasteiger partial charge in [0.05, 0.1) is 16.3 Å². The van der Waals surface area contributed by atoms with Crippen LogP contribution in [0.4, 0.5) is 5.69 Å². The summed E-state index contributed by atoms with van der Waals surface area (Å²) in [5.41, 5.74) is 1.34. The maximum absolute atomic E-state index is 12.8. The zero-order valence-corrected chi connectivity index (χ0v) is 16.5. The van der Waals surface area contributed by atoms with E-state index >= 15 is 0 Å². The molecule has 0 aliphatic carbocycles. The van der Waals surface area contributed by atoms with Gasteiger partial charge >= 0.3 is 0 Å². The molecule has 7 nitrogen and oxygen atoms in total. The van der Waals surface area contributed by atoms with E-state index in [1.54, 1.807) is 13.8 Å². The predicted molar refractivity (Wildman–Crippen MR) is 102 cm³/mol. The van der Waals surface area contributed by atoms with Crippen molar-refractivity contribution in [3.05, 3.63) is 59.7 Å². The summed E-state index contributed by atoms with van der Waals surface area (Å²) >= 11 is 0. The number of hydrogen-bond acceptors (Lipinski definition) is 5. The molecule has 0 radical (unpaired) electrons. The maximum atomic E-state index is 12.8. The Morgan fingerprint density at radius 2 is 1.78 bits per heavy atom. The minimum absolute atomic E-state index is 0.0399. The lowest BCUT2D eigenvalue weighted by molar-refractivity contribution is -0.116. The van der Waals surface area contributed by atoms with E-state index in [4.69, 9.17) is 0 Å². The quantitative estimate of drug-likeness (QED) is 0.817. The first-order valence-corrected chi connectivity index (χ1v) is 11.4. The first kappa shape index (κ1) is 19.5. The monoisotopic (exact) mass is 408 g/mol. The Bertz CT molecular complexity index is 1080. The van der Waals surface area contributed by atoms with Gasteiger partial charge < -0.3 is 0 Å². The lowest BCUT2D eigenvalue weighted by Gasteiger charge is -2.18. The van der Waals surface area contributed by atoms with Gasteiger partial charge in [-0.2, -0.15) is 0 Å². The Hall–Kier alpha value is -2.23. The van der Waals surface area contributed by atoms with Gasteiger partial charge in [-0.05, 0) is 43.2 Å². The number of benzene rings is 2. The van der Waals surface area contributed by atoms with Gasteiger partial charge in [0.1, 0.15) is 0 Å². The van der Waals surface area contributed by atoms with Crippen molar-refractivity contribution in [3.63, 3.8) is 0 Å². The topological polar surface area (TPSA) is 101 Å². The van der Waals surface area contributed by atoms with Crippen molar-refractivity contribution in [1.82, 2.24) is 4.72 Å². The number of nitrogens with one attached hydrogen (secondary N) is 1. The molecule has 27 heavy (non-hydrogen) atoms. The second-order valence-corrected chi connectivity index (χ2v) is 10.0. The van der Waals surface area contributed by atoms with Gasteiger partial charge in [0.25, 0.3) is 0 Å². The molecule has 9 heteroatoms. The number of sulfonamides is 2. The highest BCUT2D eigenvalue weighted by Gasteiger charge is 2.36. The van der Waals surface area contributed by atoms with Crippen LogP contribution in [0.3, 0.4) is 0 Å². The molecule has 1 heterocycles. The van der Waals surface area contributed by atoms with Crippen molar-refractivity contribution in [1.29, 1.82) is 0 Å². The number of carbonyl (C=O) groups is 1. The minimum atomic E-state index is -3.82. The minimum Gasteiger partial charge on any atom is -0.273 e.